The summed E-state index contributed by atoms with van der Waals surface area (Å²) in [5.74, 6) is 0.0623. The lowest BCUT2D eigenvalue weighted by atomic mass is 9.78. The fourth-order valence-electron chi connectivity index (χ4n) is 2.91. The van der Waals surface area contributed by atoms with Gasteiger partial charge < -0.3 is 14.1 Å². The number of hydrogen-bond acceptors (Lipinski definition) is 5. The van der Waals surface area contributed by atoms with Gasteiger partial charge in [0.15, 0.2) is 0 Å². The lowest BCUT2D eigenvalue weighted by Gasteiger charge is -2.32. The van der Waals surface area contributed by atoms with E-state index in [-0.39, 0.29) is 10.7 Å². The predicted octanol–water partition coefficient (Wildman–Crippen LogP) is 2.58. The third kappa shape index (κ3) is 5.23. The molecule has 0 amide bonds. The van der Waals surface area contributed by atoms with Crippen LogP contribution in [0.25, 0.3) is 0 Å². The monoisotopic (exact) mass is 409 g/mol. The highest BCUT2D eigenvalue weighted by Gasteiger charge is 2.52. The van der Waals surface area contributed by atoms with Gasteiger partial charge >= 0.3 is 7.12 Å². The number of ketones is 1. The molecule has 1 saturated heterocycles. The van der Waals surface area contributed by atoms with Crippen LogP contribution in [0.3, 0.4) is 0 Å². The highest BCUT2D eigenvalue weighted by molar-refractivity contribution is 7.89. The molecule has 0 radical (unpaired) electrons. The van der Waals surface area contributed by atoms with Gasteiger partial charge in [0, 0.05) is 17.4 Å². The van der Waals surface area contributed by atoms with E-state index in [1.54, 1.807) is 32.9 Å². The van der Waals surface area contributed by atoms with Crippen molar-refractivity contribution in [3.05, 3.63) is 23.8 Å². The Balaban J connectivity index is 2.52. The molecule has 8 heteroatoms. The highest BCUT2D eigenvalue weighted by atomic mass is 32.2. The van der Waals surface area contributed by atoms with Crippen LogP contribution < -0.4 is 10.2 Å². The second kappa shape index (κ2) is 7.56. The van der Waals surface area contributed by atoms with Crippen molar-refractivity contribution < 1.29 is 22.5 Å². The first-order chi connectivity index (χ1) is 12.5. The fraction of sp³-hybridized carbons (Fsp3) is 0.650. The zero-order valence-electron chi connectivity index (χ0n) is 18.2. The molecule has 1 aliphatic rings. The van der Waals surface area contributed by atoms with Gasteiger partial charge in [0.25, 0.3) is 0 Å². The van der Waals surface area contributed by atoms with Crippen molar-refractivity contribution in [2.45, 2.75) is 89.9 Å². The number of carbonyl (C=O) groups excluding carboxylic acids is 1. The zero-order valence-corrected chi connectivity index (χ0v) is 19.0. The second-order valence-corrected chi connectivity index (χ2v) is 11.2. The van der Waals surface area contributed by atoms with Crippen LogP contribution in [0, 0.1) is 0 Å². The van der Waals surface area contributed by atoms with Gasteiger partial charge in [0.2, 0.25) is 10.0 Å². The van der Waals surface area contributed by atoms with Crippen LogP contribution in [0.2, 0.25) is 0 Å². The summed E-state index contributed by atoms with van der Waals surface area (Å²) in [6.07, 6.45) is 0.846. The molecule has 0 spiro atoms. The molecule has 0 aliphatic carbocycles. The summed E-state index contributed by atoms with van der Waals surface area (Å²) in [6, 6.07) is 5.19. The molecular weight excluding hydrogens is 377 g/mol. The number of aryl methyl sites for hydroxylation is 1. The molecule has 0 aromatic heterocycles. The third-order valence-corrected chi connectivity index (χ3v) is 6.89. The summed E-state index contributed by atoms with van der Waals surface area (Å²) in [5, 5.41) is 0. The van der Waals surface area contributed by atoms with E-state index in [0.29, 0.717) is 18.3 Å². The summed E-state index contributed by atoms with van der Waals surface area (Å²) < 4.78 is 41.2. The molecule has 1 fully saturated rings. The maximum atomic E-state index is 13.1. The van der Waals surface area contributed by atoms with Gasteiger partial charge in [-0.2, -0.15) is 0 Å². The van der Waals surface area contributed by atoms with Crippen LogP contribution in [0.5, 0.6) is 0 Å². The van der Waals surface area contributed by atoms with Crippen LogP contribution in [0.4, 0.5) is 0 Å². The molecule has 156 valence electrons. The number of benzene rings is 1. The molecule has 0 unspecified atom stereocenters. The minimum absolute atomic E-state index is 0.0623. The van der Waals surface area contributed by atoms with E-state index in [2.05, 4.69) is 4.72 Å². The Bertz CT molecular complexity index is 840. The Kier molecular flexibility index (Phi) is 6.23. The first-order valence-electron chi connectivity index (χ1n) is 9.56. The van der Waals surface area contributed by atoms with E-state index in [9.17, 15) is 13.2 Å². The third-order valence-electron chi connectivity index (χ3n) is 5.08. The van der Waals surface area contributed by atoms with Gasteiger partial charge in [-0.1, -0.05) is 12.1 Å². The van der Waals surface area contributed by atoms with Crippen molar-refractivity contribution >= 4 is 28.4 Å². The predicted molar refractivity (Wildman–Crippen MR) is 111 cm³/mol. The maximum absolute atomic E-state index is 13.1. The fourth-order valence-corrected chi connectivity index (χ4v) is 4.61. The molecule has 0 bridgehead atoms. The lowest BCUT2D eigenvalue weighted by molar-refractivity contribution is -0.116. The normalized spacial score (nSPS) is 19.1. The topological polar surface area (TPSA) is 81.7 Å². The van der Waals surface area contributed by atoms with Crippen molar-refractivity contribution in [3.8, 4) is 0 Å². The number of rotatable bonds is 6. The summed E-state index contributed by atoms with van der Waals surface area (Å²) >= 11 is 0. The van der Waals surface area contributed by atoms with Gasteiger partial charge in [-0.15, -0.1) is 0 Å². The SMILES string of the molecule is CC(=O)CCc1ccc(B2OC(C)(C)C(C)(C)O2)c(S(=O)(=O)NC(C)(C)C)c1. The van der Waals surface area contributed by atoms with Crippen molar-refractivity contribution in [1.82, 2.24) is 4.72 Å². The van der Waals surface area contributed by atoms with E-state index >= 15 is 0 Å². The van der Waals surface area contributed by atoms with Crippen molar-refractivity contribution in [1.29, 1.82) is 0 Å². The molecular formula is C20H32BNO5S. The average molecular weight is 409 g/mol. The standard InChI is InChI=1S/C20H32BNO5S/c1-14(23)9-10-15-11-12-16(21-26-19(5,6)20(7,8)27-21)17(13-15)28(24,25)22-18(2,3)4/h11-13,22H,9-10H2,1-8H3. The Morgan fingerprint density at radius 3 is 2.11 bits per heavy atom. The summed E-state index contributed by atoms with van der Waals surface area (Å²) in [4.78, 5) is 11.5. The van der Waals surface area contributed by atoms with Crippen LogP contribution >= 0.6 is 0 Å². The van der Waals surface area contributed by atoms with Gasteiger partial charge in [-0.3, -0.25) is 0 Å². The van der Waals surface area contributed by atoms with Crippen LogP contribution in [-0.4, -0.2) is 38.1 Å². The molecule has 6 nitrogen and oxygen atoms in total. The molecule has 1 aromatic rings. The van der Waals surface area contributed by atoms with Crippen molar-refractivity contribution in [2.75, 3.05) is 0 Å². The Labute approximate surface area is 169 Å². The zero-order chi connectivity index (χ0) is 21.5. The molecule has 28 heavy (non-hydrogen) atoms. The van der Waals surface area contributed by atoms with Crippen molar-refractivity contribution in [3.63, 3.8) is 0 Å². The molecule has 2 rings (SSSR count). The first-order valence-corrected chi connectivity index (χ1v) is 11.0. The largest absolute Gasteiger partial charge is 0.496 e. The number of nitrogens with one attached hydrogen (secondary N) is 1. The summed E-state index contributed by atoms with van der Waals surface area (Å²) in [7, 11) is -4.61. The van der Waals surface area contributed by atoms with E-state index in [1.165, 1.54) is 6.92 Å². The minimum Gasteiger partial charge on any atom is -0.399 e. The average Bonchev–Trinajstić information content (AvgIpc) is 2.70. The van der Waals surface area contributed by atoms with Gasteiger partial charge in [-0.05, 0) is 73.4 Å². The smallest absolute Gasteiger partial charge is 0.399 e. The van der Waals surface area contributed by atoms with Crippen LogP contribution in [0.15, 0.2) is 23.1 Å². The molecule has 1 aromatic carbocycles. The highest BCUT2D eigenvalue weighted by Crippen LogP contribution is 2.37. The minimum atomic E-state index is -3.82. The van der Waals surface area contributed by atoms with E-state index in [0.717, 1.165) is 5.56 Å². The molecule has 0 saturated carbocycles. The van der Waals surface area contributed by atoms with Gasteiger partial charge in [-0.25, -0.2) is 13.1 Å². The second-order valence-electron chi connectivity index (χ2n) is 9.52. The molecule has 1 aliphatic heterocycles. The number of sulfonamides is 1. The number of hydrogen-bond donors (Lipinski definition) is 1. The van der Waals surface area contributed by atoms with Crippen molar-refractivity contribution in [2.24, 2.45) is 0 Å². The summed E-state index contributed by atoms with van der Waals surface area (Å²) in [6.45, 7) is 14.6. The molecule has 0 atom stereocenters. The van der Waals surface area contributed by atoms with E-state index in [4.69, 9.17) is 9.31 Å². The quantitative estimate of drug-likeness (QED) is 0.731. The van der Waals surface area contributed by atoms with Gasteiger partial charge in [0.05, 0.1) is 16.1 Å². The first kappa shape index (κ1) is 23.1. The van der Waals surface area contributed by atoms with Crippen LogP contribution in [-0.2, 0) is 30.5 Å². The number of carbonyl (C=O) groups is 1. The number of Topliss-reactive ketones (excluding diaryl/α,β-unsaturated/α-hetero) is 1. The molecule has 1 N–H and O–H groups in total. The Morgan fingerprint density at radius 1 is 1.11 bits per heavy atom. The molecule has 1 heterocycles. The van der Waals surface area contributed by atoms with Crippen LogP contribution in [0.1, 0.15) is 67.4 Å². The maximum Gasteiger partial charge on any atom is 0.496 e. The van der Waals surface area contributed by atoms with Gasteiger partial charge in [0.1, 0.15) is 5.78 Å². The Morgan fingerprint density at radius 2 is 1.64 bits per heavy atom. The van der Waals surface area contributed by atoms with E-state index < -0.39 is 33.9 Å². The Hall–Kier alpha value is -1.22. The lowest BCUT2D eigenvalue weighted by Crippen LogP contribution is -2.45. The summed E-state index contributed by atoms with van der Waals surface area (Å²) in [5.41, 5.74) is -0.555. The van der Waals surface area contributed by atoms with E-state index in [1.807, 2.05) is 33.8 Å².